The average molecular weight is 381 g/mol. The summed E-state index contributed by atoms with van der Waals surface area (Å²) < 4.78 is 13.6. The molecular weight excluding hydrogens is 357 g/mol. The minimum absolute atomic E-state index is 0.0384. The molecule has 7 heteroatoms. The van der Waals surface area contributed by atoms with Crippen LogP contribution in [0.15, 0.2) is 36.8 Å². The van der Waals surface area contributed by atoms with Gasteiger partial charge in [-0.05, 0) is 49.4 Å². The van der Waals surface area contributed by atoms with Crippen LogP contribution in [-0.2, 0) is 6.42 Å². The maximum absolute atomic E-state index is 13.6. The number of aromatic nitrogens is 3. The van der Waals surface area contributed by atoms with E-state index < -0.39 is 0 Å². The molecule has 1 aliphatic rings. The number of fused-ring (bicyclic) bond motifs is 1. The van der Waals surface area contributed by atoms with Crippen molar-refractivity contribution in [1.29, 1.82) is 0 Å². The van der Waals surface area contributed by atoms with E-state index in [0.717, 1.165) is 40.7 Å². The van der Waals surface area contributed by atoms with Crippen molar-refractivity contribution in [2.45, 2.75) is 32.1 Å². The van der Waals surface area contributed by atoms with Gasteiger partial charge in [-0.15, -0.1) is 0 Å². The van der Waals surface area contributed by atoms with Crippen molar-refractivity contribution in [2.75, 3.05) is 19.6 Å². The number of nitrogens with one attached hydrogen (secondary N) is 2. The molecule has 6 nitrogen and oxygen atoms in total. The number of urea groups is 1. The largest absolute Gasteiger partial charge is 0.361 e. The summed E-state index contributed by atoms with van der Waals surface area (Å²) in [6.45, 7) is 3.83. The van der Waals surface area contributed by atoms with Crippen molar-refractivity contribution in [3.8, 4) is 0 Å². The number of hydrogen-bond acceptors (Lipinski definition) is 3. The number of halogens is 1. The number of benzene rings is 1. The first kappa shape index (κ1) is 18.4. The third kappa shape index (κ3) is 3.98. The normalized spacial score (nSPS) is 15.1. The number of aryl methyl sites for hydroxylation is 1. The number of piperidine rings is 1. The number of likely N-dealkylation sites (tertiary alicyclic amines) is 1. The number of carbonyl (C=O) groups excluding carboxylic acids is 1. The molecule has 3 aromatic rings. The molecule has 1 aliphatic heterocycles. The highest BCUT2D eigenvalue weighted by Gasteiger charge is 2.25. The summed E-state index contributed by atoms with van der Waals surface area (Å²) in [4.78, 5) is 26.0. The highest BCUT2D eigenvalue weighted by Crippen LogP contribution is 2.33. The SMILES string of the molecule is Cc1cnc(CCNC(=O)N2CCC(c3c[nH]c4ccc(F)cc34)CC2)cn1. The number of carbonyl (C=O) groups is 1. The Labute approximate surface area is 163 Å². The molecule has 4 rings (SSSR count). The summed E-state index contributed by atoms with van der Waals surface area (Å²) in [7, 11) is 0. The lowest BCUT2D eigenvalue weighted by molar-refractivity contribution is 0.181. The minimum atomic E-state index is -0.219. The monoisotopic (exact) mass is 381 g/mol. The van der Waals surface area contributed by atoms with Crippen molar-refractivity contribution in [3.05, 3.63) is 59.6 Å². The van der Waals surface area contributed by atoms with Gasteiger partial charge in [0.1, 0.15) is 5.82 Å². The number of H-pyrrole nitrogens is 1. The maximum atomic E-state index is 13.6. The van der Waals surface area contributed by atoms with Gasteiger partial charge in [0.2, 0.25) is 0 Å². The summed E-state index contributed by atoms with van der Waals surface area (Å²) in [5, 5.41) is 3.91. The van der Waals surface area contributed by atoms with E-state index in [0.29, 0.717) is 32.0 Å². The van der Waals surface area contributed by atoms with Crippen LogP contribution in [0.2, 0.25) is 0 Å². The first-order chi connectivity index (χ1) is 13.6. The molecule has 0 atom stereocenters. The summed E-state index contributed by atoms with van der Waals surface area (Å²) in [6, 6.07) is 4.80. The Morgan fingerprint density at radius 1 is 1.29 bits per heavy atom. The van der Waals surface area contributed by atoms with Crippen LogP contribution in [-0.4, -0.2) is 45.5 Å². The summed E-state index contributed by atoms with van der Waals surface area (Å²) in [6.07, 6.45) is 7.87. The van der Waals surface area contributed by atoms with Gasteiger partial charge in [0.15, 0.2) is 0 Å². The Hall–Kier alpha value is -2.96. The minimum Gasteiger partial charge on any atom is -0.361 e. The molecule has 1 saturated heterocycles. The fourth-order valence-corrected chi connectivity index (χ4v) is 3.80. The third-order valence-electron chi connectivity index (χ3n) is 5.39. The fraction of sp³-hybridized carbons (Fsp3) is 0.381. The molecule has 0 bridgehead atoms. The Balaban J connectivity index is 1.29. The van der Waals surface area contributed by atoms with Gasteiger partial charge in [-0.25, -0.2) is 9.18 Å². The molecule has 2 amide bonds. The van der Waals surface area contributed by atoms with E-state index in [4.69, 9.17) is 0 Å². The Bertz CT molecular complexity index is 961. The third-order valence-corrected chi connectivity index (χ3v) is 5.39. The lowest BCUT2D eigenvalue weighted by Gasteiger charge is -2.32. The first-order valence-electron chi connectivity index (χ1n) is 9.67. The molecule has 0 aliphatic carbocycles. The molecule has 146 valence electrons. The zero-order valence-electron chi connectivity index (χ0n) is 15.9. The Kier molecular flexibility index (Phi) is 5.23. The molecule has 1 aromatic carbocycles. The van der Waals surface area contributed by atoms with Crippen LogP contribution < -0.4 is 5.32 Å². The predicted molar refractivity (Wildman–Crippen MR) is 106 cm³/mol. The second-order valence-electron chi connectivity index (χ2n) is 7.33. The molecule has 2 aromatic heterocycles. The molecule has 0 radical (unpaired) electrons. The van der Waals surface area contributed by atoms with Gasteiger partial charge in [-0.1, -0.05) is 0 Å². The van der Waals surface area contributed by atoms with Crippen molar-refractivity contribution in [1.82, 2.24) is 25.2 Å². The molecule has 1 fully saturated rings. The van der Waals surface area contributed by atoms with Gasteiger partial charge >= 0.3 is 6.03 Å². The van der Waals surface area contributed by atoms with E-state index in [1.807, 2.05) is 18.0 Å². The van der Waals surface area contributed by atoms with Crippen LogP contribution in [0.1, 0.15) is 35.7 Å². The number of nitrogens with zero attached hydrogens (tertiary/aromatic N) is 3. The van der Waals surface area contributed by atoms with Gasteiger partial charge in [-0.2, -0.15) is 0 Å². The molecule has 0 saturated carbocycles. The van der Waals surface area contributed by atoms with Gasteiger partial charge in [-0.3, -0.25) is 9.97 Å². The quantitative estimate of drug-likeness (QED) is 0.726. The van der Waals surface area contributed by atoms with Gasteiger partial charge < -0.3 is 15.2 Å². The zero-order valence-corrected chi connectivity index (χ0v) is 15.9. The lowest BCUT2D eigenvalue weighted by atomic mass is 9.89. The van der Waals surface area contributed by atoms with E-state index in [1.54, 1.807) is 24.5 Å². The van der Waals surface area contributed by atoms with E-state index in [-0.39, 0.29) is 11.8 Å². The fourth-order valence-electron chi connectivity index (χ4n) is 3.80. The summed E-state index contributed by atoms with van der Waals surface area (Å²) in [5.41, 5.74) is 3.85. The van der Waals surface area contributed by atoms with Crippen LogP contribution in [0, 0.1) is 12.7 Å². The van der Waals surface area contributed by atoms with E-state index in [1.165, 1.54) is 6.07 Å². The summed E-state index contributed by atoms with van der Waals surface area (Å²) in [5.74, 6) is 0.117. The molecule has 2 N–H and O–H groups in total. The van der Waals surface area contributed by atoms with Gasteiger partial charge in [0.25, 0.3) is 0 Å². The topological polar surface area (TPSA) is 73.9 Å². The summed E-state index contributed by atoms with van der Waals surface area (Å²) >= 11 is 0. The van der Waals surface area contributed by atoms with Crippen molar-refractivity contribution in [3.63, 3.8) is 0 Å². The van der Waals surface area contributed by atoms with Gasteiger partial charge in [0, 0.05) is 55.5 Å². The van der Waals surface area contributed by atoms with E-state index >= 15 is 0 Å². The predicted octanol–water partition coefficient (Wildman–Crippen LogP) is 3.54. The molecular formula is C21H24FN5O. The molecule has 3 heterocycles. The zero-order chi connectivity index (χ0) is 19.5. The second-order valence-corrected chi connectivity index (χ2v) is 7.33. The highest BCUT2D eigenvalue weighted by molar-refractivity contribution is 5.84. The van der Waals surface area contributed by atoms with Crippen LogP contribution in [0.25, 0.3) is 10.9 Å². The maximum Gasteiger partial charge on any atom is 0.317 e. The second kappa shape index (κ2) is 7.96. The number of rotatable bonds is 4. The van der Waals surface area contributed by atoms with Crippen molar-refractivity contribution in [2.24, 2.45) is 0 Å². The highest BCUT2D eigenvalue weighted by atomic mass is 19.1. The van der Waals surface area contributed by atoms with Crippen molar-refractivity contribution < 1.29 is 9.18 Å². The number of amides is 2. The van der Waals surface area contributed by atoms with E-state index in [2.05, 4.69) is 20.3 Å². The Morgan fingerprint density at radius 2 is 2.11 bits per heavy atom. The molecule has 28 heavy (non-hydrogen) atoms. The smallest absolute Gasteiger partial charge is 0.317 e. The van der Waals surface area contributed by atoms with Crippen LogP contribution in [0.5, 0.6) is 0 Å². The van der Waals surface area contributed by atoms with Gasteiger partial charge in [0.05, 0.1) is 11.4 Å². The first-order valence-corrected chi connectivity index (χ1v) is 9.67. The van der Waals surface area contributed by atoms with Crippen LogP contribution >= 0.6 is 0 Å². The Morgan fingerprint density at radius 3 is 2.86 bits per heavy atom. The number of hydrogen-bond donors (Lipinski definition) is 2. The van der Waals surface area contributed by atoms with Crippen LogP contribution in [0.4, 0.5) is 9.18 Å². The lowest BCUT2D eigenvalue weighted by Crippen LogP contribution is -2.44. The van der Waals surface area contributed by atoms with E-state index in [9.17, 15) is 9.18 Å². The molecule has 0 unspecified atom stereocenters. The number of aromatic amines is 1. The van der Waals surface area contributed by atoms with Crippen molar-refractivity contribution >= 4 is 16.9 Å². The molecule has 0 spiro atoms. The average Bonchev–Trinajstić information content (AvgIpc) is 3.12. The van der Waals surface area contributed by atoms with Crippen LogP contribution in [0.3, 0.4) is 0 Å². The standard InChI is InChI=1S/C21H24FN5O/c1-14-11-25-17(12-24-14)4-7-23-21(28)27-8-5-15(6-9-27)19-13-26-20-3-2-16(22)10-18(19)20/h2-3,10-13,15,26H,4-9H2,1H3,(H,23,28).